The van der Waals surface area contributed by atoms with Gasteiger partial charge in [-0.1, -0.05) is 25.7 Å². The fourth-order valence-corrected chi connectivity index (χ4v) is 2.41. The summed E-state index contributed by atoms with van der Waals surface area (Å²) in [5, 5.41) is 24.6. The van der Waals surface area contributed by atoms with Gasteiger partial charge in [0.15, 0.2) is 0 Å². The number of carbonyl (C=O) groups excluding carboxylic acids is 2. The minimum absolute atomic E-state index is 0.124. The zero-order valence-corrected chi connectivity index (χ0v) is 15.9. The number of unbranched alkanes of at least 4 members (excludes halogenated alkanes) is 5. The van der Waals surface area contributed by atoms with Crippen LogP contribution in [0, 0.1) is 0 Å². The number of rotatable bonds is 9. The first kappa shape index (κ1) is 24.8. The summed E-state index contributed by atoms with van der Waals surface area (Å²) in [5.41, 5.74) is 0. The van der Waals surface area contributed by atoms with Crippen molar-refractivity contribution in [1.82, 2.24) is 0 Å². The number of carboxylic acids is 2. The van der Waals surface area contributed by atoms with E-state index < -0.39 is 11.9 Å². The van der Waals surface area contributed by atoms with E-state index >= 15 is 0 Å². The van der Waals surface area contributed by atoms with E-state index in [1.165, 1.54) is 0 Å². The summed E-state index contributed by atoms with van der Waals surface area (Å²) in [6.45, 7) is 8.39. The number of quaternary nitrogens is 2. The average Bonchev–Trinajstić information content (AvgIpc) is 2.67. The number of aliphatic carboxylic acids is 2. The fraction of sp³-hybridized carbons (Fsp3) is 0.889. The molecular formula is C18H36N2O6. The van der Waals surface area contributed by atoms with Crippen molar-refractivity contribution in [2.45, 2.75) is 51.4 Å². The molecule has 4 N–H and O–H groups in total. The molecule has 2 saturated heterocycles. The molecule has 0 radical (unpaired) electrons. The largest absolute Gasteiger partial charge is 0.550 e. The zero-order chi connectivity index (χ0) is 19.3. The van der Waals surface area contributed by atoms with Gasteiger partial charge in [0.25, 0.3) is 0 Å². The number of hydrogen-bond donors (Lipinski definition) is 2. The zero-order valence-electron chi connectivity index (χ0n) is 15.9. The van der Waals surface area contributed by atoms with Crippen molar-refractivity contribution in [3.8, 4) is 0 Å². The van der Waals surface area contributed by atoms with Crippen molar-refractivity contribution in [3.63, 3.8) is 0 Å². The summed E-state index contributed by atoms with van der Waals surface area (Å²) >= 11 is 0. The quantitative estimate of drug-likeness (QED) is 0.407. The van der Waals surface area contributed by atoms with Crippen LogP contribution in [0.4, 0.5) is 0 Å². The summed E-state index contributed by atoms with van der Waals surface area (Å²) in [6.07, 6.45) is 5.23. The summed E-state index contributed by atoms with van der Waals surface area (Å²) in [5.74, 6) is -2.00. The van der Waals surface area contributed by atoms with Crippen LogP contribution in [0.2, 0.25) is 0 Å². The van der Waals surface area contributed by atoms with Crippen LogP contribution in [-0.4, -0.2) is 64.5 Å². The van der Waals surface area contributed by atoms with Crippen molar-refractivity contribution in [3.05, 3.63) is 0 Å². The molecule has 0 spiro atoms. The van der Waals surface area contributed by atoms with Crippen LogP contribution in [-0.2, 0) is 19.1 Å². The number of hydrogen-bond acceptors (Lipinski definition) is 6. The maximum absolute atomic E-state index is 10.0. The highest BCUT2D eigenvalue weighted by molar-refractivity contribution is 5.64. The third-order valence-corrected chi connectivity index (χ3v) is 3.88. The molecule has 2 fully saturated rings. The van der Waals surface area contributed by atoms with Crippen LogP contribution >= 0.6 is 0 Å². The highest BCUT2D eigenvalue weighted by Crippen LogP contribution is 2.07. The second-order valence-electron chi connectivity index (χ2n) is 6.32. The van der Waals surface area contributed by atoms with Gasteiger partial charge in [-0.3, -0.25) is 0 Å². The lowest BCUT2D eigenvalue weighted by Crippen LogP contribution is -2.87. The molecule has 0 aromatic rings. The summed E-state index contributed by atoms with van der Waals surface area (Å²) in [7, 11) is 0. The van der Waals surface area contributed by atoms with E-state index in [1.54, 1.807) is 0 Å². The predicted octanol–water partition coefficient (Wildman–Crippen LogP) is -3.23. The van der Waals surface area contributed by atoms with Gasteiger partial charge in [-0.05, 0) is 25.7 Å². The number of morpholine rings is 2. The number of nitrogens with two attached hydrogens (primary N) is 2. The molecular weight excluding hydrogens is 340 g/mol. The minimum atomic E-state index is -0.998. The molecule has 2 rings (SSSR count). The standard InChI is InChI=1S/C10H18O4.2C4H9NO/c11-9(12)7-5-3-1-2-4-6-8-10(13)14;2*1-3-6-4-2-5-1/h1-8H2,(H,11,12)(H,13,14);2*5H,1-4H2. The fourth-order valence-electron chi connectivity index (χ4n) is 2.41. The molecule has 0 bridgehead atoms. The van der Waals surface area contributed by atoms with Crippen molar-refractivity contribution in [2.24, 2.45) is 0 Å². The first-order chi connectivity index (χ1) is 12.6. The number of carbonyl (C=O) groups is 2. The Morgan fingerprint density at radius 3 is 1.12 bits per heavy atom. The average molecular weight is 376 g/mol. The Hall–Kier alpha value is -1.22. The third kappa shape index (κ3) is 22.8. The van der Waals surface area contributed by atoms with Gasteiger partial charge in [0.1, 0.15) is 0 Å². The van der Waals surface area contributed by atoms with Crippen molar-refractivity contribution in [2.75, 3.05) is 52.6 Å². The summed E-state index contributed by atoms with van der Waals surface area (Å²) in [6, 6.07) is 0. The summed E-state index contributed by atoms with van der Waals surface area (Å²) < 4.78 is 10.1. The van der Waals surface area contributed by atoms with Crippen LogP contribution < -0.4 is 20.8 Å². The Balaban J connectivity index is 0.000000421. The van der Waals surface area contributed by atoms with E-state index in [0.29, 0.717) is 12.8 Å². The molecule has 0 aliphatic carbocycles. The molecule has 8 heteroatoms. The van der Waals surface area contributed by atoms with E-state index in [-0.39, 0.29) is 12.8 Å². The lowest BCUT2D eigenvalue weighted by atomic mass is 10.1. The first-order valence-electron chi connectivity index (χ1n) is 9.81. The molecule has 0 unspecified atom stereocenters. The molecule has 154 valence electrons. The second kappa shape index (κ2) is 20.1. The Morgan fingerprint density at radius 2 is 0.923 bits per heavy atom. The Labute approximate surface area is 156 Å². The molecule has 0 amide bonds. The normalized spacial score (nSPS) is 16.5. The van der Waals surface area contributed by atoms with Crippen molar-refractivity contribution in [1.29, 1.82) is 0 Å². The molecule has 2 aliphatic heterocycles. The molecule has 0 atom stereocenters. The maximum atomic E-state index is 10.0. The van der Waals surface area contributed by atoms with E-state index in [9.17, 15) is 19.8 Å². The first-order valence-corrected chi connectivity index (χ1v) is 9.81. The van der Waals surface area contributed by atoms with Crippen LogP contribution in [0.1, 0.15) is 51.4 Å². The van der Waals surface area contributed by atoms with Crippen LogP contribution in [0.5, 0.6) is 0 Å². The molecule has 2 aliphatic rings. The number of carboxylic acid groups (broad SMARTS) is 2. The van der Waals surface area contributed by atoms with Crippen molar-refractivity contribution < 1.29 is 39.9 Å². The molecule has 0 saturated carbocycles. The number of ether oxygens (including phenoxy) is 2. The summed E-state index contributed by atoms with van der Waals surface area (Å²) in [4.78, 5) is 20.1. The maximum Gasteiger partial charge on any atom is 0.0993 e. The predicted molar refractivity (Wildman–Crippen MR) is 91.9 cm³/mol. The van der Waals surface area contributed by atoms with Gasteiger partial charge in [0, 0.05) is 11.9 Å². The van der Waals surface area contributed by atoms with E-state index in [2.05, 4.69) is 10.6 Å². The highest BCUT2D eigenvalue weighted by atomic mass is 16.5. The lowest BCUT2D eigenvalue weighted by molar-refractivity contribution is -0.670. The van der Waals surface area contributed by atoms with Crippen LogP contribution in [0.3, 0.4) is 0 Å². The van der Waals surface area contributed by atoms with Gasteiger partial charge in [0.05, 0.1) is 52.6 Å². The third-order valence-electron chi connectivity index (χ3n) is 3.88. The molecule has 8 nitrogen and oxygen atoms in total. The molecule has 0 aromatic heterocycles. The Morgan fingerprint density at radius 1 is 0.615 bits per heavy atom. The SMILES string of the molecule is C1COCC[NH2+]1.C1COCC[NH2+]1.O=C([O-])CCCCCCCCC(=O)[O-]. The highest BCUT2D eigenvalue weighted by Gasteiger charge is 1.97. The van der Waals surface area contributed by atoms with E-state index in [1.807, 2.05) is 0 Å². The Kier molecular flexibility index (Phi) is 19.2. The smallest absolute Gasteiger partial charge is 0.0993 e. The van der Waals surface area contributed by atoms with Gasteiger partial charge in [0.2, 0.25) is 0 Å². The van der Waals surface area contributed by atoms with Gasteiger partial charge in [-0.25, -0.2) is 0 Å². The van der Waals surface area contributed by atoms with Gasteiger partial charge < -0.3 is 39.9 Å². The topological polar surface area (TPSA) is 132 Å². The van der Waals surface area contributed by atoms with E-state index in [4.69, 9.17) is 9.47 Å². The second-order valence-corrected chi connectivity index (χ2v) is 6.32. The van der Waals surface area contributed by atoms with Crippen molar-refractivity contribution >= 4 is 11.9 Å². The molecule has 2 heterocycles. The Bertz CT molecular complexity index is 279. The monoisotopic (exact) mass is 376 g/mol. The van der Waals surface area contributed by atoms with Gasteiger partial charge in [-0.2, -0.15) is 0 Å². The van der Waals surface area contributed by atoms with Gasteiger partial charge >= 0.3 is 0 Å². The lowest BCUT2D eigenvalue weighted by Gasteiger charge is -2.07. The minimum Gasteiger partial charge on any atom is -0.550 e. The van der Waals surface area contributed by atoms with Crippen LogP contribution in [0.15, 0.2) is 0 Å². The molecule has 26 heavy (non-hydrogen) atoms. The van der Waals surface area contributed by atoms with Crippen LogP contribution in [0.25, 0.3) is 0 Å². The van der Waals surface area contributed by atoms with E-state index in [0.717, 1.165) is 78.3 Å². The van der Waals surface area contributed by atoms with Gasteiger partial charge in [-0.15, -0.1) is 0 Å². The molecule has 0 aromatic carbocycles.